The number of amides is 1. The molecule has 2 aromatic heterocycles. The zero-order chi connectivity index (χ0) is 11.5. The number of carbonyl (C=O) groups excluding carboxylic acids is 1. The SMILES string of the molecule is CN(Cc1ccco1)C(=O)c1csc(I)c1. The molecule has 3 nitrogen and oxygen atoms in total. The molecule has 0 aliphatic heterocycles. The fourth-order valence-corrected chi connectivity index (χ4v) is 2.67. The third-order valence-electron chi connectivity index (χ3n) is 2.13. The van der Waals surface area contributed by atoms with Gasteiger partial charge in [0.2, 0.25) is 0 Å². The number of furan rings is 1. The van der Waals surface area contributed by atoms with E-state index in [1.54, 1.807) is 29.5 Å². The van der Waals surface area contributed by atoms with Crippen molar-refractivity contribution in [3.63, 3.8) is 0 Å². The maximum absolute atomic E-state index is 12.0. The summed E-state index contributed by atoms with van der Waals surface area (Å²) in [5.41, 5.74) is 0.739. The van der Waals surface area contributed by atoms with Crippen LogP contribution < -0.4 is 0 Å². The second-order valence-electron chi connectivity index (χ2n) is 3.38. The Morgan fingerprint density at radius 1 is 1.62 bits per heavy atom. The summed E-state index contributed by atoms with van der Waals surface area (Å²) >= 11 is 3.78. The van der Waals surface area contributed by atoms with E-state index < -0.39 is 0 Å². The number of rotatable bonds is 3. The van der Waals surface area contributed by atoms with Crippen molar-refractivity contribution < 1.29 is 9.21 Å². The van der Waals surface area contributed by atoms with Crippen molar-refractivity contribution in [2.24, 2.45) is 0 Å². The fourth-order valence-electron chi connectivity index (χ4n) is 1.35. The molecule has 0 saturated carbocycles. The van der Waals surface area contributed by atoms with Crippen LogP contribution in [0.4, 0.5) is 0 Å². The minimum atomic E-state index is 0.0237. The summed E-state index contributed by atoms with van der Waals surface area (Å²) in [5.74, 6) is 0.816. The third kappa shape index (κ3) is 2.65. The molecule has 0 aliphatic rings. The fraction of sp³-hybridized carbons (Fsp3) is 0.182. The van der Waals surface area contributed by atoms with Gasteiger partial charge in [0.1, 0.15) is 5.76 Å². The summed E-state index contributed by atoms with van der Waals surface area (Å²) in [7, 11) is 1.77. The Hall–Kier alpha value is -0.820. The van der Waals surface area contributed by atoms with Crippen molar-refractivity contribution in [1.29, 1.82) is 0 Å². The molecular formula is C11H10INO2S. The van der Waals surface area contributed by atoms with E-state index in [2.05, 4.69) is 22.6 Å². The van der Waals surface area contributed by atoms with E-state index in [1.807, 2.05) is 23.6 Å². The van der Waals surface area contributed by atoms with Crippen molar-refractivity contribution in [2.75, 3.05) is 7.05 Å². The Morgan fingerprint density at radius 3 is 3.00 bits per heavy atom. The van der Waals surface area contributed by atoms with Gasteiger partial charge in [-0.05, 0) is 40.8 Å². The van der Waals surface area contributed by atoms with E-state index in [4.69, 9.17) is 4.42 Å². The summed E-state index contributed by atoms with van der Waals surface area (Å²) in [6.07, 6.45) is 1.61. The van der Waals surface area contributed by atoms with Crippen molar-refractivity contribution >= 4 is 39.8 Å². The molecule has 2 rings (SSSR count). The predicted molar refractivity (Wildman–Crippen MR) is 71.5 cm³/mol. The summed E-state index contributed by atoms with van der Waals surface area (Å²) in [4.78, 5) is 13.6. The maximum Gasteiger partial charge on any atom is 0.254 e. The Kier molecular flexibility index (Phi) is 3.65. The molecule has 0 radical (unpaired) electrons. The molecule has 2 aromatic rings. The van der Waals surface area contributed by atoms with Crippen molar-refractivity contribution in [3.05, 3.63) is 44.0 Å². The topological polar surface area (TPSA) is 33.5 Å². The lowest BCUT2D eigenvalue weighted by Crippen LogP contribution is -2.25. The Morgan fingerprint density at radius 2 is 2.44 bits per heavy atom. The zero-order valence-corrected chi connectivity index (χ0v) is 11.6. The molecule has 2 heterocycles. The molecule has 16 heavy (non-hydrogen) atoms. The summed E-state index contributed by atoms with van der Waals surface area (Å²) in [5, 5.41) is 1.88. The van der Waals surface area contributed by atoms with E-state index in [9.17, 15) is 4.79 Å². The molecule has 0 fully saturated rings. The Labute approximate surface area is 111 Å². The second-order valence-corrected chi connectivity index (χ2v) is 6.19. The molecule has 0 N–H and O–H groups in total. The first-order chi connectivity index (χ1) is 7.66. The Balaban J connectivity index is 2.05. The van der Waals surface area contributed by atoms with Crippen molar-refractivity contribution in [1.82, 2.24) is 4.90 Å². The van der Waals surface area contributed by atoms with Crippen molar-refractivity contribution in [2.45, 2.75) is 6.54 Å². The van der Waals surface area contributed by atoms with Gasteiger partial charge in [-0.25, -0.2) is 0 Å². The number of carbonyl (C=O) groups is 1. The first kappa shape index (κ1) is 11.7. The molecule has 0 atom stereocenters. The average Bonchev–Trinajstić information content (AvgIpc) is 2.88. The smallest absolute Gasteiger partial charge is 0.254 e. The number of nitrogens with zero attached hydrogens (tertiary/aromatic N) is 1. The molecular weight excluding hydrogens is 337 g/mol. The van der Waals surface area contributed by atoms with E-state index in [0.717, 1.165) is 14.2 Å². The second kappa shape index (κ2) is 5.01. The normalized spacial score (nSPS) is 10.4. The van der Waals surface area contributed by atoms with E-state index in [-0.39, 0.29) is 5.91 Å². The van der Waals surface area contributed by atoms with Gasteiger partial charge in [0.15, 0.2) is 0 Å². The average molecular weight is 347 g/mol. The van der Waals surface area contributed by atoms with Crippen LogP contribution in [0.2, 0.25) is 0 Å². The van der Waals surface area contributed by atoms with Crippen LogP contribution >= 0.6 is 33.9 Å². The van der Waals surface area contributed by atoms with Crippen LogP contribution in [0.15, 0.2) is 34.3 Å². The molecule has 84 valence electrons. The molecule has 0 saturated heterocycles. The Bertz CT molecular complexity index is 478. The first-order valence-electron chi connectivity index (χ1n) is 4.68. The van der Waals surface area contributed by atoms with Gasteiger partial charge in [0.25, 0.3) is 5.91 Å². The minimum Gasteiger partial charge on any atom is -0.467 e. The molecule has 0 aromatic carbocycles. The number of hydrogen-bond acceptors (Lipinski definition) is 3. The van der Waals surface area contributed by atoms with Gasteiger partial charge >= 0.3 is 0 Å². The van der Waals surface area contributed by atoms with E-state index in [0.29, 0.717) is 6.54 Å². The van der Waals surface area contributed by atoms with Crippen LogP contribution in [-0.2, 0) is 6.54 Å². The van der Waals surface area contributed by atoms with E-state index >= 15 is 0 Å². The third-order valence-corrected chi connectivity index (χ3v) is 3.92. The molecule has 5 heteroatoms. The van der Waals surface area contributed by atoms with Gasteiger partial charge in [-0.2, -0.15) is 0 Å². The van der Waals surface area contributed by atoms with Crippen LogP contribution in [0.5, 0.6) is 0 Å². The van der Waals surface area contributed by atoms with Gasteiger partial charge in [0.05, 0.1) is 21.3 Å². The highest BCUT2D eigenvalue weighted by Crippen LogP contribution is 2.18. The van der Waals surface area contributed by atoms with Gasteiger partial charge in [-0.1, -0.05) is 0 Å². The molecule has 0 aliphatic carbocycles. The number of halogens is 1. The molecule has 0 bridgehead atoms. The van der Waals surface area contributed by atoms with Crippen LogP contribution in [0.3, 0.4) is 0 Å². The standard InChI is InChI=1S/C11H10INO2S/c1-13(6-9-3-2-4-15-9)11(14)8-5-10(12)16-7-8/h2-5,7H,6H2,1H3. The van der Waals surface area contributed by atoms with Gasteiger partial charge in [-0.3, -0.25) is 4.79 Å². The molecule has 0 spiro atoms. The van der Waals surface area contributed by atoms with Gasteiger partial charge in [-0.15, -0.1) is 11.3 Å². The van der Waals surface area contributed by atoms with Crippen LogP contribution in [0.25, 0.3) is 0 Å². The molecule has 1 amide bonds. The first-order valence-corrected chi connectivity index (χ1v) is 6.64. The largest absolute Gasteiger partial charge is 0.467 e. The summed E-state index contributed by atoms with van der Waals surface area (Å²) < 4.78 is 6.32. The molecule has 0 unspecified atom stereocenters. The highest BCUT2D eigenvalue weighted by atomic mass is 127. The van der Waals surface area contributed by atoms with Crippen LogP contribution in [0.1, 0.15) is 16.1 Å². The van der Waals surface area contributed by atoms with Crippen molar-refractivity contribution in [3.8, 4) is 0 Å². The maximum atomic E-state index is 12.0. The highest BCUT2D eigenvalue weighted by molar-refractivity contribution is 14.1. The predicted octanol–water partition coefficient (Wildman–Crippen LogP) is 3.22. The quantitative estimate of drug-likeness (QED) is 0.799. The summed E-state index contributed by atoms with van der Waals surface area (Å²) in [6.45, 7) is 0.498. The highest BCUT2D eigenvalue weighted by Gasteiger charge is 2.14. The van der Waals surface area contributed by atoms with Gasteiger partial charge < -0.3 is 9.32 Å². The van der Waals surface area contributed by atoms with Crippen LogP contribution in [0, 0.1) is 2.88 Å². The lowest BCUT2D eigenvalue weighted by Gasteiger charge is -2.14. The monoisotopic (exact) mass is 347 g/mol. The lowest BCUT2D eigenvalue weighted by molar-refractivity contribution is 0.0776. The minimum absolute atomic E-state index is 0.0237. The lowest BCUT2D eigenvalue weighted by atomic mass is 10.3. The van der Waals surface area contributed by atoms with E-state index in [1.165, 1.54) is 0 Å². The number of thiophene rings is 1. The number of hydrogen-bond donors (Lipinski definition) is 0. The zero-order valence-electron chi connectivity index (χ0n) is 8.64. The summed E-state index contributed by atoms with van der Waals surface area (Å²) in [6, 6.07) is 5.58. The van der Waals surface area contributed by atoms with Gasteiger partial charge in [0, 0.05) is 12.4 Å². The van der Waals surface area contributed by atoms with Crippen LogP contribution in [-0.4, -0.2) is 17.9 Å².